The molecule has 7 heteroatoms. The number of benzene rings is 2. The first kappa shape index (κ1) is 16.5. The lowest BCUT2D eigenvalue weighted by molar-refractivity contribution is -0.133. The van der Waals surface area contributed by atoms with Crippen LogP contribution in [0.1, 0.15) is 17.0 Å². The largest absolute Gasteiger partial charge is 0.508 e. The first-order valence-corrected chi connectivity index (χ1v) is 7.74. The Morgan fingerprint density at radius 1 is 1.20 bits per heavy atom. The lowest BCUT2D eigenvalue weighted by Gasteiger charge is -2.15. The van der Waals surface area contributed by atoms with Gasteiger partial charge in [0.05, 0.1) is 6.21 Å². The highest BCUT2D eigenvalue weighted by Crippen LogP contribution is 2.29. The Kier molecular flexibility index (Phi) is 4.65. The number of carbonyl (C=O) groups excluding carboxylic acids is 2. The molecular formula is C18H17N3O4. The molecule has 1 heterocycles. The van der Waals surface area contributed by atoms with Crippen LogP contribution in [0, 0.1) is 5.92 Å². The second-order valence-electron chi connectivity index (χ2n) is 5.72. The third kappa shape index (κ3) is 3.60. The van der Waals surface area contributed by atoms with Gasteiger partial charge in [0.2, 0.25) is 5.91 Å². The molecule has 25 heavy (non-hydrogen) atoms. The van der Waals surface area contributed by atoms with Gasteiger partial charge < -0.3 is 15.5 Å². The fourth-order valence-electron chi connectivity index (χ4n) is 2.81. The van der Waals surface area contributed by atoms with Crippen molar-refractivity contribution in [2.45, 2.75) is 5.92 Å². The summed E-state index contributed by atoms with van der Waals surface area (Å²) in [5.74, 6) is -2.22. The van der Waals surface area contributed by atoms with Gasteiger partial charge in [0.1, 0.15) is 17.4 Å². The number of nitrogens with zero attached hydrogens (tertiary/aromatic N) is 1. The summed E-state index contributed by atoms with van der Waals surface area (Å²) in [6, 6.07) is 13.4. The van der Waals surface area contributed by atoms with E-state index >= 15 is 0 Å². The lowest BCUT2D eigenvalue weighted by Crippen LogP contribution is -2.34. The van der Waals surface area contributed by atoms with Crippen molar-refractivity contribution in [1.82, 2.24) is 10.7 Å². The maximum atomic E-state index is 12.4. The van der Waals surface area contributed by atoms with Gasteiger partial charge in [-0.3, -0.25) is 9.59 Å². The number of nitrogens with one attached hydrogen (secondary N) is 2. The van der Waals surface area contributed by atoms with E-state index in [0.29, 0.717) is 12.1 Å². The second kappa shape index (κ2) is 7.04. The number of phenolic OH excluding ortho intramolecular Hbond substituents is 2. The van der Waals surface area contributed by atoms with E-state index < -0.39 is 11.8 Å². The molecule has 2 atom stereocenters. The van der Waals surface area contributed by atoms with Crippen LogP contribution in [0.3, 0.4) is 0 Å². The van der Waals surface area contributed by atoms with Crippen molar-refractivity contribution in [3.8, 4) is 11.5 Å². The Balaban J connectivity index is 1.71. The zero-order valence-electron chi connectivity index (χ0n) is 13.2. The number of hydrogen-bond donors (Lipinski definition) is 4. The number of carbonyl (C=O) groups is 2. The summed E-state index contributed by atoms with van der Waals surface area (Å²) in [7, 11) is 0. The van der Waals surface area contributed by atoms with Crippen LogP contribution in [0.4, 0.5) is 0 Å². The van der Waals surface area contributed by atoms with E-state index in [9.17, 15) is 19.8 Å². The van der Waals surface area contributed by atoms with Crippen LogP contribution in [-0.2, 0) is 9.59 Å². The average Bonchev–Trinajstić information content (AvgIpc) is 2.99. The Hall–Kier alpha value is -3.35. The number of rotatable bonds is 4. The van der Waals surface area contributed by atoms with Gasteiger partial charge in [-0.15, -0.1) is 0 Å². The van der Waals surface area contributed by atoms with Crippen molar-refractivity contribution in [2.24, 2.45) is 11.0 Å². The van der Waals surface area contributed by atoms with E-state index in [2.05, 4.69) is 15.8 Å². The van der Waals surface area contributed by atoms with Crippen LogP contribution in [-0.4, -0.2) is 34.8 Å². The third-order valence-corrected chi connectivity index (χ3v) is 4.08. The van der Waals surface area contributed by atoms with Crippen molar-refractivity contribution in [1.29, 1.82) is 0 Å². The molecule has 1 aliphatic rings. The number of phenols is 2. The van der Waals surface area contributed by atoms with Crippen LogP contribution in [0.25, 0.3) is 0 Å². The van der Waals surface area contributed by atoms with Crippen LogP contribution < -0.4 is 10.7 Å². The zero-order chi connectivity index (χ0) is 17.8. The maximum absolute atomic E-state index is 12.4. The molecule has 0 aromatic heterocycles. The molecule has 2 amide bonds. The summed E-state index contributed by atoms with van der Waals surface area (Å²) in [6.07, 6.45) is 1.25. The van der Waals surface area contributed by atoms with Gasteiger partial charge in [0.15, 0.2) is 0 Å². The predicted molar refractivity (Wildman–Crippen MR) is 91.2 cm³/mol. The van der Waals surface area contributed by atoms with Gasteiger partial charge in [-0.2, -0.15) is 5.10 Å². The van der Waals surface area contributed by atoms with Gasteiger partial charge in [-0.1, -0.05) is 30.3 Å². The van der Waals surface area contributed by atoms with Gasteiger partial charge in [0.25, 0.3) is 5.91 Å². The van der Waals surface area contributed by atoms with E-state index in [1.807, 2.05) is 30.3 Å². The quantitative estimate of drug-likeness (QED) is 0.379. The molecule has 0 aliphatic carbocycles. The topological polar surface area (TPSA) is 111 Å². The van der Waals surface area contributed by atoms with Crippen molar-refractivity contribution in [2.75, 3.05) is 6.54 Å². The highest BCUT2D eigenvalue weighted by Gasteiger charge is 2.40. The summed E-state index contributed by atoms with van der Waals surface area (Å²) in [5.41, 5.74) is 3.57. The molecule has 3 rings (SSSR count). The maximum Gasteiger partial charge on any atom is 0.253 e. The molecule has 1 saturated heterocycles. The first-order valence-electron chi connectivity index (χ1n) is 7.74. The van der Waals surface area contributed by atoms with E-state index in [1.54, 1.807) is 0 Å². The van der Waals surface area contributed by atoms with Gasteiger partial charge >= 0.3 is 0 Å². The van der Waals surface area contributed by atoms with Crippen molar-refractivity contribution in [3.63, 3.8) is 0 Å². The molecule has 1 aliphatic heterocycles. The number of hydrazone groups is 1. The average molecular weight is 339 g/mol. The number of aromatic hydroxyl groups is 2. The smallest absolute Gasteiger partial charge is 0.253 e. The molecule has 1 fully saturated rings. The molecule has 0 saturated carbocycles. The molecule has 0 unspecified atom stereocenters. The molecule has 7 nitrogen and oxygen atoms in total. The van der Waals surface area contributed by atoms with Gasteiger partial charge in [-0.25, -0.2) is 5.43 Å². The minimum atomic E-state index is -0.868. The number of amides is 2. The summed E-state index contributed by atoms with van der Waals surface area (Å²) in [6.45, 7) is 0.392. The standard InChI is InChI=1S/C18H17N3O4/c22-13-7-6-12(15(23)8-13)9-20-21-18(25)16-14(10-19-17(16)24)11-4-2-1-3-5-11/h1-9,14,16,22-23H,10H2,(H,19,24)(H,21,25)/b20-9+/t14-,16-/m0/s1. The normalized spacial score (nSPS) is 19.8. The van der Waals surface area contributed by atoms with E-state index in [4.69, 9.17) is 0 Å². The van der Waals surface area contributed by atoms with E-state index in [0.717, 1.165) is 5.56 Å². The highest BCUT2D eigenvalue weighted by atomic mass is 16.3. The second-order valence-corrected chi connectivity index (χ2v) is 5.72. The molecule has 0 radical (unpaired) electrons. The minimum absolute atomic E-state index is 0.0768. The SMILES string of the molecule is O=C1NC[C@@H](c2ccccc2)[C@@H]1C(=O)N/N=C/c1ccc(O)cc1O. The van der Waals surface area contributed by atoms with Crippen molar-refractivity contribution >= 4 is 18.0 Å². The monoisotopic (exact) mass is 339 g/mol. The third-order valence-electron chi connectivity index (χ3n) is 4.08. The zero-order valence-corrected chi connectivity index (χ0v) is 13.2. The molecule has 2 aromatic rings. The van der Waals surface area contributed by atoms with E-state index in [1.165, 1.54) is 24.4 Å². The van der Waals surface area contributed by atoms with Crippen LogP contribution >= 0.6 is 0 Å². The Bertz CT molecular complexity index is 820. The van der Waals surface area contributed by atoms with Crippen LogP contribution in [0.15, 0.2) is 53.6 Å². The molecule has 4 N–H and O–H groups in total. The summed E-state index contributed by atoms with van der Waals surface area (Å²) in [5, 5.41) is 25.4. The summed E-state index contributed by atoms with van der Waals surface area (Å²) < 4.78 is 0. The predicted octanol–water partition coefficient (Wildman–Crippen LogP) is 1.08. The Morgan fingerprint density at radius 2 is 1.96 bits per heavy atom. The Labute approximate surface area is 144 Å². The summed E-state index contributed by atoms with van der Waals surface area (Å²) >= 11 is 0. The molecule has 0 spiro atoms. The van der Waals surface area contributed by atoms with E-state index in [-0.39, 0.29) is 23.3 Å². The fraction of sp³-hybridized carbons (Fsp3) is 0.167. The van der Waals surface area contributed by atoms with Gasteiger partial charge in [-0.05, 0) is 17.7 Å². The molecule has 2 aromatic carbocycles. The molecular weight excluding hydrogens is 322 g/mol. The van der Waals surface area contributed by atoms with Crippen molar-refractivity contribution in [3.05, 3.63) is 59.7 Å². The summed E-state index contributed by atoms with van der Waals surface area (Å²) in [4.78, 5) is 24.4. The van der Waals surface area contributed by atoms with Crippen LogP contribution in [0.2, 0.25) is 0 Å². The molecule has 0 bridgehead atoms. The molecule has 128 valence electrons. The minimum Gasteiger partial charge on any atom is -0.508 e. The highest BCUT2D eigenvalue weighted by molar-refractivity contribution is 6.03. The fourth-order valence-corrected chi connectivity index (χ4v) is 2.81. The lowest BCUT2D eigenvalue weighted by atomic mass is 9.88. The first-order chi connectivity index (χ1) is 12.1. The van der Waals surface area contributed by atoms with Gasteiger partial charge in [0, 0.05) is 24.1 Å². The Morgan fingerprint density at radius 3 is 2.68 bits per heavy atom. The van der Waals surface area contributed by atoms with Crippen molar-refractivity contribution < 1.29 is 19.8 Å². The van der Waals surface area contributed by atoms with Crippen LogP contribution in [0.5, 0.6) is 11.5 Å². The number of hydrogen-bond acceptors (Lipinski definition) is 5.